The molecule has 0 aromatic heterocycles. The van der Waals surface area contributed by atoms with E-state index in [2.05, 4.69) is 5.32 Å². The van der Waals surface area contributed by atoms with Crippen LogP contribution in [0.2, 0.25) is 5.02 Å². The van der Waals surface area contributed by atoms with Gasteiger partial charge >= 0.3 is 0 Å². The maximum atomic E-state index is 12.5. The lowest BCUT2D eigenvalue weighted by atomic mass is 10.1. The van der Waals surface area contributed by atoms with Crippen LogP contribution in [-0.4, -0.2) is 31.7 Å². The monoisotopic (exact) mass is 420 g/mol. The Kier molecular flexibility index (Phi) is 7.41. The molecule has 150 valence electrons. The van der Waals surface area contributed by atoms with E-state index in [-0.39, 0.29) is 10.8 Å². The van der Waals surface area contributed by atoms with Crippen LogP contribution in [-0.2, 0) is 14.8 Å². The number of amides is 1. The van der Waals surface area contributed by atoms with Crippen LogP contribution in [0.5, 0.6) is 0 Å². The number of hydrogen-bond acceptors (Lipinski definition) is 3. The van der Waals surface area contributed by atoms with Crippen molar-refractivity contribution in [1.82, 2.24) is 4.31 Å². The number of carbonyl (C=O) groups is 1. The number of halogens is 1. The fourth-order valence-electron chi connectivity index (χ4n) is 2.87. The maximum absolute atomic E-state index is 12.5. The molecule has 0 bridgehead atoms. The molecule has 5 nitrogen and oxygen atoms in total. The molecular weight excluding hydrogens is 396 g/mol. The van der Waals surface area contributed by atoms with Gasteiger partial charge in [-0.1, -0.05) is 43.6 Å². The Morgan fingerprint density at radius 1 is 1.11 bits per heavy atom. The molecule has 0 unspecified atom stereocenters. The number of benzene rings is 2. The van der Waals surface area contributed by atoms with E-state index in [9.17, 15) is 13.2 Å². The Hall–Kier alpha value is -2.15. The Morgan fingerprint density at radius 2 is 1.71 bits per heavy atom. The van der Waals surface area contributed by atoms with Gasteiger partial charge in [0.25, 0.3) is 0 Å². The van der Waals surface area contributed by atoms with Gasteiger partial charge in [-0.25, -0.2) is 8.42 Å². The summed E-state index contributed by atoms with van der Waals surface area (Å²) in [6.07, 6.45) is 3.02. The fraction of sp³-hybridized carbons (Fsp3) is 0.286. The first-order valence-electron chi connectivity index (χ1n) is 9.05. The molecule has 1 N–H and O–H groups in total. The van der Waals surface area contributed by atoms with Crippen molar-refractivity contribution in [1.29, 1.82) is 0 Å². The number of nitrogens with one attached hydrogen (secondary N) is 1. The van der Waals surface area contributed by atoms with Crippen LogP contribution in [0.4, 0.5) is 5.69 Å². The molecule has 0 atom stereocenters. The Bertz CT molecular complexity index is 956. The van der Waals surface area contributed by atoms with Crippen LogP contribution in [0.1, 0.15) is 30.5 Å². The van der Waals surface area contributed by atoms with Crippen molar-refractivity contribution < 1.29 is 13.2 Å². The van der Waals surface area contributed by atoms with Crippen LogP contribution in [0, 0.1) is 13.8 Å². The third-order valence-electron chi connectivity index (χ3n) is 4.33. The molecule has 0 aliphatic carbocycles. The predicted molar refractivity (Wildman–Crippen MR) is 115 cm³/mol. The highest BCUT2D eigenvalue weighted by atomic mass is 35.5. The van der Waals surface area contributed by atoms with E-state index >= 15 is 0 Å². The van der Waals surface area contributed by atoms with Crippen molar-refractivity contribution in [3.63, 3.8) is 0 Å². The minimum Gasteiger partial charge on any atom is -0.321 e. The Balaban J connectivity index is 2.12. The molecule has 2 rings (SSSR count). The van der Waals surface area contributed by atoms with E-state index in [0.29, 0.717) is 23.8 Å². The zero-order chi connectivity index (χ0) is 20.9. The molecule has 0 heterocycles. The Labute approximate surface area is 172 Å². The number of rotatable bonds is 7. The van der Waals surface area contributed by atoms with Gasteiger partial charge in [-0.15, -0.1) is 0 Å². The quantitative estimate of drug-likeness (QED) is 0.663. The molecule has 2 aromatic carbocycles. The van der Waals surface area contributed by atoms with E-state index in [1.165, 1.54) is 10.4 Å². The molecular formula is C21H25ClN2O3S. The summed E-state index contributed by atoms with van der Waals surface area (Å²) >= 11 is 6.21. The van der Waals surface area contributed by atoms with Crippen LogP contribution < -0.4 is 5.32 Å². The summed E-state index contributed by atoms with van der Waals surface area (Å²) in [5.74, 6) is -0.311. The normalized spacial score (nSPS) is 11.9. The van der Waals surface area contributed by atoms with E-state index < -0.39 is 10.0 Å². The molecule has 0 fully saturated rings. The highest BCUT2D eigenvalue weighted by Gasteiger charge is 2.20. The second kappa shape index (κ2) is 9.37. The van der Waals surface area contributed by atoms with E-state index in [1.54, 1.807) is 50.3 Å². The van der Waals surface area contributed by atoms with Crippen LogP contribution in [0.25, 0.3) is 6.08 Å². The first-order chi connectivity index (χ1) is 13.2. The zero-order valence-corrected chi connectivity index (χ0v) is 18.1. The molecule has 0 saturated heterocycles. The van der Waals surface area contributed by atoms with Crippen molar-refractivity contribution in [3.05, 3.63) is 64.2 Å². The van der Waals surface area contributed by atoms with Crippen molar-refractivity contribution in [2.24, 2.45) is 0 Å². The predicted octanol–water partition coefficient (Wildman–Crippen LogP) is 4.64. The number of hydrogen-bond donors (Lipinski definition) is 1. The molecule has 2 aromatic rings. The van der Waals surface area contributed by atoms with Crippen LogP contribution >= 0.6 is 11.6 Å². The lowest BCUT2D eigenvalue weighted by molar-refractivity contribution is -0.111. The average molecular weight is 421 g/mol. The van der Waals surface area contributed by atoms with Crippen molar-refractivity contribution in [2.75, 3.05) is 18.4 Å². The molecule has 1 amide bonds. The van der Waals surface area contributed by atoms with Gasteiger partial charge in [0.1, 0.15) is 0 Å². The summed E-state index contributed by atoms with van der Waals surface area (Å²) in [6, 6.07) is 10.2. The molecule has 0 aliphatic heterocycles. The van der Waals surface area contributed by atoms with Gasteiger partial charge < -0.3 is 5.32 Å². The summed E-state index contributed by atoms with van der Waals surface area (Å²) in [7, 11) is -3.49. The van der Waals surface area contributed by atoms with Gasteiger partial charge in [0.05, 0.1) is 15.6 Å². The third-order valence-corrected chi connectivity index (χ3v) is 6.69. The standard InChI is InChI=1S/C21H25ClN2O3S/c1-5-24(6-2)28(26,27)18-10-7-17(8-11-18)9-12-20(25)23-21-16(4)13-15(3)14-19(21)22/h7-14H,5-6H2,1-4H3,(H,23,25)/b12-9+. The first-order valence-corrected chi connectivity index (χ1v) is 10.9. The van der Waals surface area contributed by atoms with Crippen LogP contribution in [0.3, 0.4) is 0 Å². The Morgan fingerprint density at radius 3 is 2.25 bits per heavy atom. The van der Waals surface area contributed by atoms with E-state index in [0.717, 1.165) is 16.7 Å². The second-order valence-corrected chi connectivity index (χ2v) is 8.76. The second-order valence-electron chi connectivity index (χ2n) is 6.42. The smallest absolute Gasteiger partial charge is 0.248 e. The van der Waals surface area contributed by atoms with Gasteiger partial charge in [0, 0.05) is 19.2 Å². The van der Waals surface area contributed by atoms with E-state index in [1.807, 2.05) is 19.9 Å². The summed E-state index contributed by atoms with van der Waals surface area (Å²) < 4.78 is 26.4. The lowest BCUT2D eigenvalue weighted by Gasteiger charge is -2.18. The topological polar surface area (TPSA) is 66.5 Å². The first kappa shape index (κ1) is 22.1. The molecule has 28 heavy (non-hydrogen) atoms. The summed E-state index contributed by atoms with van der Waals surface area (Å²) in [5, 5.41) is 3.27. The van der Waals surface area contributed by atoms with Crippen molar-refractivity contribution >= 4 is 39.3 Å². The SMILES string of the molecule is CCN(CC)S(=O)(=O)c1ccc(/C=C/C(=O)Nc2c(C)cc(C)cc2Cl)cc1. The highest BCUT2D eigenvalue weighted by molar-refractivity contribution is 7.89. The van der Waals surface area contributed by atoms with Crippen LogP contribution in [0.15, 0.2) is 47.4 Å². The average Bonchev–Trinajstić information content (AvgIpc) is 2.64. The minimum atomic E-state index is -3.49. The van der Waals surface area contributed by atoms with Crippen molar-refractivity contribution in [2.45, 2.75) is 32.6 Å². The molecule has 0 saturated carbocycles. The number of nitrogens with zero attached hydrogens (tertiary/aromatic N) is 1. The summed E-state index contributed by atoms with van der Waals surface area (Å²) in [5.41, 5.74) is 3.22. The minimum absolute atomic E-state index is 0.236. The molecule has 0 spiro atoms. The zero-order valence-electron chi connectivity index (χ0n) is 16.5. The molecule has 7 heteroatoms. The van der Waals surface area contributed by atoms with Gasteiger partial charge in [-0.05, 0) is 54.8 Å². The largest absolute Gasteiger partial charge is 0.321 e. The lowest BCUT2D eigenvalue weighted by Crippen LogP contribution is -2.30. The highest BCUT2D eigenvalue weighted by Crippen LogP contribution is 2.27. The summed E-state index contributed by atoms with van der Waals surface area (Å²) in [6.45, 7) is 8.27. The fourth-order valence-corrected chi connectivity index (χ4v) is 4.70. The van der Waals surface area contributed by atoms with Gasteiger partial charge in [-0.3, -0.25) is 4.79 Å². The number of aryl methyl sites for hydroxylation is 2. The van der Waals surface area contributed by atoms with Crippen molar-refractivity contribution in [3.8, 4) is 0 Å². The molecule has 0 radical (unpaired) electrons. The summed E-state index contributed by atoms with van der Waals surface area (Å²) in [4.78, 5) is 12.4. The van der Waals surface area contributed by atoms with E-state index in [4.69, 9.17) is 11.6 Å². The van der Waals surface area contributed by atoms with Gasteiger partial charge in [0.15, 0.2) is 0 Å². The number of sulfonamides is 1. The number of carbonyl (C=O) groups excluding carboxylic acids is 1. The van der Waals surface area contributed by atoms with Gasteiger partial charge in [0.2, 0.25) is 15.9 Å². The number of anilines is 1. The molecule has 0 aliphatic rings. The third kappa shape index (κ3) is 5.22. The maximum Gasteiger partial charge on any atom is 0.248 e. The van der Waals surface area contributed by atoms with Gasteiger partial charge in [-0.2, -0.15) is 4.31 Å².